The second-order valence-corrected chi connectivity index (χ2v) is 7.60. The Balaban J connectivity index is 1.68. The molecule has 166 valence electrons. The molecule has 1 aromatic carbocycles. The minimum absolute atomic E-state index is 0.0880. The molecule has 1 aliphatic rings. The number of imide groups is 1. The molecule has 0 fully saturated rings. The number of hydrogen-bond acceptors (Lipinski definition) is 7. The summed E-state index contributed by atoms with van der Waals surface area (Å²) in [5.74, 6) is 1.18. The zero-order chi connectivity index (χ0) is 22.9. The normalized spacial score (nSPS) is 14.6. The lowest BCUT2D eigenvalue weighted by atomic mass is 9.97. The highest BCUT2D eigenvalue weighted by molar-refractivity contribution is 5.99. The van der Waals surface area contributed by atoms with Crippen LogP contribution in [0, 0.1) is 0 Å². The van der Waals surface area contributed by atoms with Crippen molar-refractivity contribution < 1.29 is 28.3 Å². The van der Waals surface area contributed by atoms with Gasteiger partial charge in [0.15, 0.2) is 11.5 Å². The molecule has 1 unspecified atom stereocenters. The molecule has 4 amide bonds. The second-order valence-electron chi connectivity index (χ2n) is 7.60. The number of ether oxygens (including phenoxy) is 2. The van der Waals surface area contributed by atoms with Crippen LogP contribution in [0.3, 0.4) is 0 Å². The summed E-state index contributed by atoms with van der Waals surface area (Å²) in [5, 5.41) is 5.57. The Morgan fingerprint density at radius 1 is 1.28 bits per heavy atom. The van der Waals surface area contributed by atoms with Crippen LogP contribution in [-0.2, 0) is 16.9 Å². The second kappa shape index (κ2) is 8.22. The predicted octanol–water partition coefficient (Wildman–Crippen LogP) is 2.17. The van der Waals surface area contributed by atoms with Crippen molar-refractivity contribution >= 4 is 29.3 Å². The number of nitrogens with one attached hydrogen (secondary N) is 2. The van der Waals surface area contributed by atoms with Crippen molar-refractivity contribution in [2.24, 2.45) is 0 Å². The first-order valence-corrected chi connectivity index (χ1v) is 9.79. The monoisotopic (exact) mass is 438 g/mol. The molecule has 3 heterocycles. The van der Waals surface area contributed by atoms with Crippen LogP contribution < -0.4 is 20.1 Å². The fourth-order valence-corrected chi connectivity index (χ4v) is 3.88. The molecule has 4 rings (SSSR count). The van der Waals surface area contributed by atoms with E-state index in [1.165, 1.54) is 14.2 Å². The van der Waals surface area contributed by atoms with Crippen molar-refractivity contribution in [2.45, 2.75) is 19.0 Å². The van der Waals surface area contributed by atoms with Gasteiger partial charge in [0.2, 0.25) is 6.41 Å². The summed E-state index contributed by atoms with van der Waals surface area (Å²) in [6.45, 7) is 2.12. The third kappa shape index (κ3) is 3.70. The van der Waals surface area contributed by atoms with Crippen molar-refractivity contribution in [3.8, 4) is 11.5 Å². The SMILES string of the molecule is COc1cc2c(cc1OC)C(=O)N(CC(C)(NC(=O)NC=O)c1cc3cnccc3o1)C2. The molecule has 3 aromatic rings. The average Bonchev–Trinajstić information content (AvgIpc) is 3.34. The average molecular weight is 438 g/mol. The van der Waals surface area contributed by atoms with E-state index in [-0.39, 0.29) is 18.9 Å². The Labute approximate surface area is 183 Å². The van der Waals surface area contributed by atoms with Crippen LogP contribution in [-0.4, -0.2) is 49.0 Å². The molecular weight excluding hydrogens is 416 g/mol. The van der Waals surface area contributed by atoms with Gasteiger partial charge in [-0.2, -0.15) is 0 Å². The van der Waals surface area contributed by atoms with Crippen LogP contribution >= 0.6 is 0 Å². The molecule has 2 aromatic heterocycles. The standard InChI is InChI=1S/C22H22N4O6/c1-22(25-21(29)24-12-27,19-7-13-9-23-5-4-16(13)32-19)11-26-10-14-6-17(30-2)18(31-3)8-15(14)20(26)28/h4-9,12H,10-11H2,1-3H3,(H2,24,25,27,29). The van der Waals surface area contributed by atoms with E-state index in [1.807, 2.05) is 0 Å². The smallest absolute Gasteiger partial charge is 0.322 e. The molecule has 1 aliphatic heterocycles. The van der Waals surface area contributed by atoms with E-state index in [0.29, 0.717) is 35.0 Å². The van der Waals surface area contributed by atoms with Crippen molar-refractivity contribution in [3.63, 3.8) is 0 Å². The number of carbonyl (C=O) groups excluding carboxylic acids is 3. The van der Waals surface area contributed by atoms with Crippen LogP contribution in [0.15, 0.2) is 41.1 Å². The summed E-state index contributed by atoms with van der Waals surface area (Å²) in [6.07, 6.45) is 3.53. The van der Waals surface area contributed by atoms with E-state index in [1.54, 1.807) is 48.5 Å². The van der Waals surface area contributed by atoms with E-state index in [0.717, 1.165) is 10.9 Å². The molecular formula is C22H22N4O6. The van der Waals surface area contributed by atoms with Crippen LogP contribution in [0.25, 0.3) is 11.0 Å². The summed E-state index contributed by atoms with van der Waals surface area (Å²) < 4.78 is 16.6. The minimum Gasteiger partial charge on any atom is -0.493 e. The first kappa shape index (κ1) is 21.2. The predicted molar refractivity (Wildman–Crippen MR) is 113 cm³/mol. The van der Waals surface area contributed by atoms with Crippen molar-refractivity contribution in [1.82, 2.24) is 20.5 Å². The first-order valence-electron chi connectivity index (χ1n) is 9.79. The van der Waals surface area contributed by atoms with Gasteiger partial charge >= 0.3 is 6.03 Å². The van der Waals surface area contributed by atoms with Gasteiger partial charge in [0.1, 0.15) is 16.9 Å². The minimum atomic E-state index is -1.14. The third-order valence-electron chi connectivity index (χ3n) is 5.44. The Morgan fingerprint density at radius 2 is 2.03 bits per heavy atom. The number of benzene rings is 1. The van der Waals surface area contributed by atoms with Gasteiger partial charge in [-0.1, -0.05) is 0 Å². The number of amides is 4. The topological polar surface area (TPSA) is 123 Å². The van der Waals surface area contributed by atoms with Gasteiger partial charge in [-0.25, -0.2) is 4.79 Å². The van der Waals surface area contributed by atoms with E-state index in [2.05, 4.69) is 15.6 Å². The fraction of sp³-hybridized carbons (Fsp3) is 0.273. The number of methoxy groups -OCH3 is 2. The van der Waals surface area contributed by atoms with Crippen LogP contribution in [0.2, 0.25) is 0 Å². The molecule has 0 bridgehead atoms. The Morgan fingerprint density at radius 3 is 2.72 bits per heavy atom. The highest BCUT2D eigenvalue weighted by Gasteiger charge is 2.39. The zero-order valence-corrected chi connectivity index (χ0v) is 17.8. The maximum atomic E-state index is 13.2. The number of fused-ring (bicyclic) bond motifs is 2. The van der Waals surface area contributed by atoms with Gasteiger partial charge < -0.3 is 24.1 Å². The van der Waals surface area contributed by atoms with E-state index < -0.39 is 11.6 Å². The summed E-state index contributed by atoms with van der Waals surface area (Å²) in [5.41, 5.74) is 0.722. The molecule has 0 radical (unpaired) electrons. The van der Waals surface area contributed by atoms with Gasteiger partial charge in [0.25, 0.3) is 5.91 Å². The van der Waals surface area contributed by atoms with Crippen molar-refractivity contribution in [1.29, 1.82) is 0 Å². The summed E-state index contributed by atoms with van der Waals surface area (Å²) in [7, 11) is 3.03. The highest BCUT2D eigenvalue weighted by Crippen LogP contribution is 2.37. The van der Waals surface area contributed by atoms with Gasteiger partial charge in [-0.05, 0) is 36.8 Å². The number of nitrogens with zero attached hydrogens (tertiary/aromatic N) is 2. The lowest BCUT2D eigenvalue weighted by Crippen LogP contribution is -2.53. The van der Waals surface area contributed by atoms with E-state index in [4.69, 9.17) is 13.9 Å². The molecule has 32 heavy (non-hydrogen) atoms. The lowest BCUT2D eigenvalue weighted by Gasteiger charge is -2.32. The number of rotatable bonds is 7. The molecule has 10 heteroatoms. The highest BCUT2D eigenvalue weighted by atomic mass is 16.5. The van der Waals surface area contributed by atoms with Crippen LogP contribution in [0.5, 0.6) is 11.5 Å². The number of carbonyl (C=O) groups is 3. The number of furan rings is 1. The molecule has 0 aliphatic carbocycles. The quantitative estimate of drug-likeness (QED) is 0.542. The summed E-state index contributed by atoms with van der Waals surface area (Å²) in [6, 6.07) is 6.16. The molecule has 2 N–H and O–H groups in total. The number of urea groups is 1. The Bertz CT molecular complexity index is 1170. The molecule has 0 spiro atoms. The summed E-state index contributed by atoms with van der Waals surface area (Å²) >= 11 is 0. The molecule has 0 saturated heterocycles. The van der Waals surface area contributed by atoms with Gasteiger partial charge in [0.05, 0.1) is 20.8 Å². The number of aromatic nitrogens is 1. The Kier molecular flexibility index (Phi) is 5.43. The zero-order valence-electron chi connectivity index (χ0n) is 17.8. The van der Waals surface area contributed by atoms with Gasteiger partial charge in [0, 0.05) is 29.9 Å². The first-order chi connectivity index (χ1) is 15.4. The third-order valence-corrected chi connectivity index (χ3v) is 5.44. The maximum Gasteiger partial charge on any atom is 0.322 e. The number of pyridine rings is 1. The van der Waals surface area contributed by atoms with Crippen LogP contribution in [0.4, 0.5) is 4.79 Å². The van der Waals surface area contributed by atoms with Crippen molar-refractivity contribution in [3.05, 3.63) is 53.5 Å². The Hall–Kier alpha value is -4.08. The molecule has 10 nitrogen and oxygen atoms in total. The van der Waals surface area contributed by atoms with Gasteiger partial charge in [-0.3, -0.25) is 19.9 Å². The van der Waals surface area contributed by atoms with Gasteiger partial charge in [-0.15, -0.1) is 0 Å². The van der Waals surface area contributed by atoms with E-state index >= 15 is 0 Å². The fourth-order valence-electron chi connectivity index (χ4n) is 3.88. The molecule has 0 saturated carbocycles. The maximum absolute atomic E-state index is 13.2. The van der Waals surface area contributed by atoms with Crippen molar-refractivity contribution in [2.75, 3.05) is 20.8 Å². The van der Waals surface area contributed by atoms with E-state index in [9.17, 15) is 14.4 Å². The largest absolute Gasteiger partial charge is 0.493 e. The summed E-state index contributed by atoms with van der Waals surface area (Å²) in [4.78, 5) is 41.8. The lowest BCUT2D eigenvalue weighted by molar-refractivity contribution is -0.108. The van der Waals surface area contributed by atoms with Crippen LogP contribution in [0.1, 0.15) is 28.6 Å². The number of hydrogen-bond donors (Lipinski definition) is 2. The molecule has 1 atom stereocenters.